The maximum absolute atomic E-state index is 12.8. The van der Waals surface area contributed by atoms with Gasteiger partial charge in [0.2, 0.25) is 0 Å². The minimum atomic E-state index is -0.763. The van der Waals surface area contributed by atoms with Gasteiger partial charge >= 0.3 is 17.9 Å². The zero-order valence-electron chi connectivity index (χ0n) is 47.8. The largest absolute Gasteiger partial charge is 0.462 e. The van der Waals surface area contributed by atoms with Gasteiger partial charge in [0.05, 0.1) is 0 Å². The third kappa shape index (κ3) is 58.4. The van der Waals surface area contributed by atoms with Gasteiger partial charge in [-0.1, -0.05) is 301 Å². The Bertz CT molecular complexity index is 1190. The zero-order valence-corrected chi connectivity index (χ0v) is 47.8. The van der Waals surface area contributed by atoms with Crippen LogP contribution in [0.3, 0.4) is 0 Å². The Morgan fingerprint density at radius 1 is 0.282 bits per heavy atom. The predicted octanol–water partition coefficient (Wildman–Crippen LogP) is 21.2. The molecule has 6 heteroatoms. The molecule has 0 saturated carbocycles. The van der Waals surface area contributed by atoms with Crippen molar-refractivity contribution in [3.8, 4) is 0 Å². The van der Waals surface area contributed by atoms with Crippen LogP contribution in [0.4, 0.5) is 0 Å². The van der Waals surface area contributed by atoms with Crippen LogP contribution in [0, 0.1) is 0 Å². The van der Waals surface area contributed by atoms with E-state index in [-0.39, 0.29) is 31.1 Å². The maximum atomic E-state index is 12.8. The normalized spacial score (nSPS) is 12.2. The maximum Gasteiger partial charge on any atom is 0.306 e. The lowest BCUT2D eigenvalue weighted by Gasteiger charge is -2.18. The highest BCUT2D eigenvalue weighted by Gasteiger charge is 2.19. The summed E-state index contributed by atoms with van der Waals surface area (Å²) in [4.78, 5) is 37.8. The molecule has 1 atom stereocenters. The molecule has 416 valence electrons. The quantitative estimate of drug-likeness (QED) is 0.0261. The van der Waals surface area contributed by atoms with Gasteiger partial charge in [0.1, 0.15) is 13.2 Å². The molecule has 0 aliphatic carbocycles. The van der Waals surface area contributed by atoms with Crippen LogP contribution >= 0.6 is 0 Å². The summed E-state index contributed by atoms with van der Waals surface area (Å²) in [6.45, 7) is 6.59. The van der Waals surface area contributed by atoms with Crippen LogP contribution < -0.4 is 0 Å². The molecule has 0 aromatic carbocycles. The monoisotopic (exact) mass is 997 g/mol. The minimum absolute atomic E-state index is 0.0667. The van der Waals surface area contributed by atoms with Crippen molar-refractivity contribution < 1.29 is 28.6 Å². The molecule has 0 aromatic rings. The third-order valence-corrected chi connectivity index (χ3v) is 14.1. The number of hydrogen-bond donors (Lipinski definition) is 0. The molecular weight excluding hydrogens is 877 g/mol. The van der Waals surface area contributed by atoms with Crippen LogP contribution in [0.1, 0.15) is 342 Å². The number of unbranched alkanes of at least 4 members (excludes halogenated alkanes) is 41. The SMILES string of the molecule is CCCCCCC/C=C\C/C=C\C/C=C\CCCCCCCCCCCCCCCCCCCCC(=O)OCC(COC(=O)CCCCCCC)OC(=O)CCCCCCCCCCCCCCCCC. The van der Waals surface area contributed by atoms with Gasteiger partial charge in [-0.15, -0.1) is 0 Å². The van der Waals surface area contributed by atoms with Gasteiger partial charge in [0.15, 0.2) is 6.10 Å². The van der Waals surface area contributed by atoms with Crippen LogP contribution in [-0.2, 0) is 28.6 Å². The Hall–Kier alpha value is -2.37. The lowest BCUT2D eigenvalue weighted by atomic mass is 10.0. The van der Waals surface area contributed by atoms with E-state index in [1.165, 1.54) is 225 Å². The van der Waals surface area contributed by atoms with Crippen molar-refractivity contribution in [1.29, 1.82) is 0 Å². The summed E-state index contributed by atoms with van der Waals surface area (Å²) in [5.41, 5.74) is 0. The lowest BCUT2D eigenvalue weighted by molar-refractivity contribution is -0.167. The molecule has 0 spiro atoms. The predicted molar refractivity (Wildman–Crippen MR) is 307 cm³/mol. The molecule has 0 rings (SSSR count). The molecule has 71 heavy (non-hydrogen) atoms. The van der Waals surface area contributed by atoms with Crippen molar-refractivity contribution in [2.45, 2.75) is 348 Å². The Balaban J connectivity index is 3.89. The number of carbonyl (C=O) groups excluding carboxylic acids is 3. The fraction of sp³-hybridized carbons (Fsp3) is 0.862. The van der Waals surface area contributed by atoms with Crippen molar-refractivity contribution in [2.24, 2.45) is 0 Å². The van der Waals surface area contributed by atoms with E-state index in [4.69, 9.17) is 14.2 Å². The first-order valence-electron chi connectivity index (χ1n) is 31.5. The highest BCUT2D eigenvalue weighted by Crippen LogP contribution is 2.17. The standard InChI is InChI=1S/C65H120O6/c1-4-7-10-13-15-17-19-21-23-24-25-26-27-28-29-30-31-32-33-34-35-36-37-38-39-40-42-43-45-47-49-52-55-58-64(67)70-61-62(60-69-63(66)57-54-51-12-9-6-3)71-65(68)59-56-53-50-48-46-44-41-22-20-18-16-14-11-8-5-2/h19,21,24-25,27-28,62H,4-18,20,22-23,26,29-61H2,1-3H3/b21-19-,25-24-,28-27-. The first-order valence-corrected chi connectivity index (χ1v) is 31.5. The van der Waals surface area contributed by atoms with Crippen molar-refractivity contribution in [1.82, 2.24) is 0 Å². The van der Waals surface area contributed by atoms with E-state index < -0.39 is 6.10 Å². The smallest absolute Gasteiger partial charge is 0.306 e. The average Bonchev–Trinajstić information content (AvgIpc) is 3.37. The van der Waals surface area contributed by atoms with E-state index >= 15 is 0 Å². The fourth-order valence-corrected chi connectivity index (χ4v) is 9.39. The van der Waals surface area contributed by atoms with Crippen molar-refractivity contribution in [2.75, 3.05) is 13.2 Å². The van der Waals surface area contributed by atoms with Gasteiger partial charge < -0.3 is 14.2 Å². The van der Waals surface area contributed by atoms with E-state index in [2.05, 4.69) is 57.2 Å². The van der Waals surface area contributed by atoms with Crippen molar-refractivity contribution >= 4 is 17.9 Å². The van der Waals surface area contributed by atoms with Crippen LogP contribution in [0.5, 0.6) is 0 Å². The Labute approximate surface area is 442 Å². The van der Waals surface area contributed by atoms with Crippen molar-refractivity contribution in [3.05, 3.63) is 36.5 Å². The van der Waals surface area contributed by atoms with Crippen LogP contribution in [0.25, 0.3) is 0 Å². The minimum Gasteiger partial charge on any atom is -0.462 e. The van der Waals surface area contributed by atoms with Crippen LogP contribution in [0.15, 0.2) is 36.5 Å². The van der Waals surface area contributed by atoms with Gasteiger partial charge in [-0.25, -0.2) is 0 Å². The first-order chi connectivity index (χ1) is 35.0. The molecule has 0 N–H and O–H groups in total. The second kappa shape index (κ2) is 60.2. The highest BCUT2D eigenvalue weighted by molar-refractivity contribution is 5.71. The summed E-state index contributed by atoms with van der Waals surface area (Å²) in [7, 11) is 0. The molecule has 0 heterocycles. The molecule has 0 saturated heterocycles. The molecule has 0 radical (unpaired) electrons. The van der Waals surface area contributed by atoms with E-state index in [9.17, 15) is 14.4 Å². The molecule has 1 unspecified atom stereocenters. The van der Waals surface area contributed by atoms with Crippen LogP contribution in [-0.4, -0.2) is 37.2 Å². The average molecular weight is 998 g/mol. The topological polar surface area (TPSA) is 78.9 Å². The van der Waals surface area contributed by atoms with Gasteiger partial charge in [-0.2, -0.15) is 0 Å². The van der Waals surface area contributed by atoms with Gasteiger partial charge in [-0.3, -0.25) is 14.4 Å². The van der Waals surface area contributed by atoms with Gasteiger partial charge in [0, 0.05) is 19.3 Å². The van der Waals surface area contributed by atoms with E-state index in [0.29, 0.717) is 19.3 Å². The number of ether oxygens (including phenoxy) is 3. The molecule has 0 amide bonds. The second-order valence-electron chi connectivity index (χ2n) is 21.3. The number of esters is 3. The molecule has 0 aliphatic heterocycles. The summed E-state index contributed by atoms with van der Waals surface area (Å²) in [6, 6.07) is 0. The van der Waals surface area contributed by atoms with E-state index in [0.717, 1.165) is 77.0 Å². The summed E-state index contributed by atoms with van der Waals surface area (Å²) >= 11 is 0. The van der Waals surface area contributed by atoms with E-state index in [1.807, 2.05) is 0 Å². The van der Waals surface area contributed by atoms with Gasteiger partial charge in [0.25, 0.3) is 0 Å². The molecule has 0 aliphatic rings. The Morgan fingerprint density at radius 2 is 0.507 bits per heavy atom. The lowest BCUT2D eigenvalue weighted by Crippen LogP contribution is -2.30. The number of hydrogen-bond acceptors (Lipinski definition) is 6. The highest BCUT2D eigenvalue weighted by atomic mass is 16.6. The molecule has 0 bridgehead atoms. The molecular formula is C65H120O6. The number of rotatable bonds is 58. The third-order valence-electron chi connectivity index (χ3n) is 14.1. The Kier molecular flexibility index (Phi) is 58.2. The summed E-state index contributed by atoms with van der Waals surface area (Å²) in [5.74, 6) is -0.861. The van der Waals surface area contributed by atoms with Crippen LogP contribution in [0.2, 0.25) is 0 Å². The number of carbonyl (C=O) groups is 3. The molecule has 0 aromatic heterocycles. The number of allylic oxidation sites excluding steroid dienone is 6. The molecule has 0 fully saturated rings. The summed E-state index contributed by atoms with van der Waals surface area (Å²) < 4.78 is 16.7. The summed E-state index contributed by atoms with van der Waals surface area (Å²) in [6.07, 6.45) is 73.6. The first kappa shape index (κ1) is 68.6. The van der Waals surface area contributed by atoms with Crippen molar-refractivity contribution in [3.63, 3.8) is 0 Å². The Morgan fingerprint density at radius 3 is 0.789 bits per heavy atom. The zero-order chi connectivity index (χ0) is 51.4. The fourth-order valence-electron chi connectivity index (χ4n) is 9.39. The molecule has 6 nitrogen and oxygen atoms in total. The van der Waals surface area contributed by atoms with E-state index in [1.54, 1.807) is 0 Å². The van der Waals surface area contributed by atoms with Gasteiger partial charge in [-0.05, 0) is 57.8 Å². The second-order valence-corrected chi connectivity index (χ2v) is 21.3. The summed E-state index contributed by atoms with van der Waals surface area (Å²) in [5, 5.41) is 0.